The summed E-state index contributed by atoms with van der Waals surface area (Å²) in [5.41, 5.74) is 0.862. The molecule has 2 aromatic carbocycles. The molecule has 0 unspecified atom stereocenters. The Kier molecular flexibility index (Phi) is 5.12. The number of anilines is 1. The lowest BCUT2D eigenvalue weighted by molar-refractivity contribution is -0.0137. The van der Waals surface area contributed by atoms with Crippen LogP contribution in [0.1, 0.15) is 29.2 Å². The van der Waals surface area contributed by atoms with Crippen LogP contribution in [0.5, 0.6) is 5.75 Å². The predicted octanol–water partition coefficient (Wildman–Crippen LogP) is 3.61. The van der Waals surface area contributed by atoms with Crippen LogP contribution in [0, 0.1) is 5.82 Å². The number of carbonyl (C=O) groups is 1. The van der Waals surface area contributed by atoms with Crippen molar-refractivity contribution in [2.45, 2.75) is 37.0 Å². The summed E-state index contributed by atoms with van der Waals surface area (Å²) < 4.78 is 46.7. The van der Waals surface area contributed by atoms with Gasteiger partial charge < -0.3 is 20.5 Å². The molecule has 0 spiro atoms. The zero-order valence-electron chi connectivity index (χ0n) is 15.6. The van der Waals surface area contributed by atoms with Gasteiger partial charge in [-0.05, 0) is 29.7 Å². The molecule has 0 bridgehead atoms. The van der Waals surface area contributed by atoms with Gasteiger partial charge in [-0.3, -0.25) is 0 Å². The Bertz CT molecular complexity index is 933. The topological polar surface area (TPSA) is 70.6 Å². The lowest BCUT2D eigenvalue weighted by atomic mass is 9.88. The second-order valence-electron chi connectivity index (χ2n) is 7.57. The third-order valence-electron chi connectivity index (χ3n) is 5.48. The highest BCUT2D eigenvalue weighted by Gasteiger charge is 2.43. The molecule has 29 heavy (non-hydrogen) atoms. The Hall–Kier alpha value is -2.74. The van der Waals surface area contributed by atoms with Gasteiger partial charge in [-0.25, -0.2) is 18.0 Å². The second-order valence-corrected chi connectivity index (χ2v) is 7.57. The lowest BCUT2D eigenvalue weighted by Gasteiger charge is -2.39. The quantitative estimate of drug-likeness (QED) is 0.727. The van der Waals surface area contributed by atoms with Crippen LogP contribution in [0.15, 0.2) is 36.4 Å². The number of amides is 2. The van der Waals surface area contributed by atoms with Crippen molar-refractivity contribution in [3.8, 4) is 5.75 Å². The van der Waals surface area contributed by atoms with Gasteiger partial charge in [-0.2, -0.15) is 0 Å². The highest BCUT2D eigenvalue weighted by atomic mass is 19.1. The molecule has 0 aromatic heterocycles. The number of ether oxygens (including phenoxy) is 1. The Morgan fingerprint density at radius 2 is 1.93 bits per heavy atom. The molecule has 1 aliphatic carbocycles. The number of rotatable bonds is 4. The fourth-order valence-electron chi connectivity index (χ4n) is 4.04. The van der Waals surface area contributed by atoms with Crippen molar-refractivity contribution in [1.29, 1.82) is 0 Å². The van der Waals surface area contributed by atoms with Crippen molar-refractivity contribution in [3.05, 3.63) is 58.9 Å². The number of nitrogens with one attached hydrogen (secondary N) is 2. The first kappa shape index (κ1) is 19.6. The van der Waals surface area contributed by atoms with Crippen molar-refractivity contribution >= 4 is 11.7 Å². The van der Waals surface area contributed by atoms with Gasteiger partial charge in [-0.1, -0.05) is 24.3 Å². The summed E-state index contributed by atoms with van der Waals surface area (Å²) in [6, 6.07) is 8.12. The lowest BCUT2D eigenvalue weighted by Crippen LogP contribution is -2.49. The van der Waals surface area contributed by atoms with Gasteiger partial charge in [0.1, 0.15) is 13.3 Å². The minimum atomic E-state index is -1.84. The molecule has 0 fully saturated rings. The molecule has 1 heterocycles. The summed E-state index contributed by atoms with van der Waals surface area (Å²) in [6.07, 6.45) is 0.296. The summed E-state index contributed by atoms with van der Waals surface area (Å²) in [6.45, 7) is -2.30. The molecule has 0 radical (unpaired) electrons. The minimum absolute atomic E-state index is 0.171. The largest absolute Gasteiger partial charge is 0.478 e. The van der Waals surface area contributed by atoms with E-state index in [1.807, 2.05) is 6.07 Å². The van der Waals surface area contributed by atoms with E-state index in [9.17, 15) is 23.1 Å². The third kappa shape index (κ3) is 3.64. The molecule has 2 aromatic rings. The third-order valence-corrected chi connectivity index (χ3v) is 5.48. The van der Waals surface area contributed by atoms with Crippen LogP contribution >= 0.6 is 0 Å². The van der Waals surface area contributed by atoms with Gasteiger partial charge in [-0.15, -0.1) is 0 Å². The summed E-state index contributed by atoms with van der Waals surface area (Å²) in [5, 5.41) is 15.3. The highest BCUT2D eigenvalue weighted by molar-refractivity contribution is 5.90. The number of carbonyl (C=O) groups excluding carboxylic acids is 1. The van der Waals surface area contributed by atoms with Crippen LogP contribution < -0.4 is 15.4 Å². The van der Waals surface area contributed by atoms with E-state index in [4.69, 9.17) is 4.74 Å². The van der Waals surface area contributed by atoms with Crippen molar-refractivity contribution in [3.63, 3.8) is 0 Å². The molecule has 2 atom stereocenters. The van der Waals surface area contributed by atoms with Crippen LogP contribution in [0.4, 0.5) is 23.7 Å². The molecule has 8 heteroatoms. The van der Waals surface area contributed by atoms with Gasteiger partial charge in [0.15, 0.2) is 17.2 Å². The average molecular weight is 406 g/mol. The summed E-state index contributed by atoms with van der Waals surface area (Å²) in [5.74, 6) is -0.987. The molecule has 0 saturated heterocycles. The zero-order chi connectivity index (χ0) is 20.6. The molecule has 4 rings (SSSR count). The Morgan fingerprint density at radius 3 is 2.69 bits per heavy atom. The smallest absolute Gasteiger partial charge is 0.319 e. The average Bonchev–Trinajstić information content (AvgIpc) is 3.10. The molecule has 0 saturated carbocycles. The Morgan fingerprint density at radius 1 is 1.17 bits per heavy atom. The van der Waals surface area contributed by atoms with Crippen LogP contribution in [-0.2, 0) is 12.8 Å². The number of para-hydroxylation sites is 1. The number of aliphatic hydroxyl groups is 1. The standard InChI is InChI=1S/C21H21F3N2O3/c22-10-21(11-23)9-18(14-4-2-5-16(24)19(14)29-21)26-20(28)25-17-6-1-3-12-7-13(27)8-15(12)17/h1-6,13,18,27H,7-11H2,(H2,25,26,28)/t13-,18+/m0/s1. The van der Waals surface area contributed by atoms with Gasteiger partial charge >= 0.3 is 6.03 Å². The molecule has 2 amide bonds. The van der Waals surface area contributed by atoms with E-state index in [2.05, 4.69) is 10.6 Å². The number of halogens is 3. The van der Waals surface area contributed by atoms with Crippen molar-refractivity contribution in [2.75, 3.05) is 18.7 Å². The first-order valence-corrected chi connectivity index (χ1v) is 9.40. The number of urea groups is 1. The summed E-state index contributed by atoms with van der Waals surface area (Å²) in [7, 11) is 0. The van der Waals surface area contributed by atoms with E-state index in [-0.39, 0.29) is 12.2 Å². The van der Waals surface area contributed by atoms with Crippen LogP contribution in [0.3, 0.4) is 0 Å². The molecule has 1 aliphatic heterocycles. The first-order valence-electron chi connectivity index (χ1n) is 9.40. The molecular weight excluding hydrogens is 385 g/mol. The number of hydrogen-bond acceptors (Lipinski definition) is 3. The van der Waals surface area contributed by atoms with Gasteiger partial charge in [0, 0.05) is 24.1 Å². The summed E-state index contributed by atoms with van der Waals surface area (Å²) in [4.78, 5) is 12.6. The first-order chi connectivity index (χ1) is 13.9. The number of fused-ring (bicyclic) bond motifs is 2. The van der Waals surface area contributed by atoms with Crippen LogP contribution in [-0.4, -0.2) is 36.2 Å². The predicted molar refractivity (Wildman–Crippen MR) is 101 cm³/mol. The molecular formula is C21H21F3N2O3. The summed E-state index contributed by atoms with van der Waals surface area (Å²) >= 11 is 0. The zero-order valence-corrected chi connectivity index (χ0v) is 15.6. The Balaban J connectivity index is 1.57. The maximum absolute atomic E-state index is 14.2. The van der Waals surface area contributed by atoms with Crippen molar-refractivity contribution < 1.29 is 27.8 Å². The van der Waals surface area contributed by atoms with E-state index >= 15 is 0 Å². The van der Waals surface area contributed by atoms with E-state index in [1.54, 1.807) is 18.2 Å². The second kappa shape index (κ2) is 7.59. The van der Waals surface area contributed by atoms with Crippen LogP contribution in [0.25, 0.3) is 0 Å². The SMILES string of the molecule is O=C(Nc1cccc2c1C[C@@H](O)C2)N[C@@H]1CC(CF)(CF)Oc2c(F)cccc21. The normalized spacial score (nSPS) is 21.7. The maximum atomic E-state index is 14.2. The number of alkyl halides is 2. The number of benzene rings is 2. The van der Waals surface area contributed by atoms with Gasteiger partial charge in [0.25, 0.3) is 0 Å². The molecule has 154 valence electrons. The van der Waals surface area contributed by atoms with Crippen LogP contribution in [0.2, 0.25) is 0 Å². The molecule has 5 nitrogen and oxygen atoms in total. The number of hydrogen-bond donors (Lipinski definition) is 3. The van der Waals surface area contributed by atoms with E-state index in [0.29, 0.717) is 24.1 Å². The van der Waals surface area contributed by atoms with E-state index in [0.717, 1.165) is 17.2 Å². The maximum Gasteiger partial charge on any atom is 0.319 e. The monoisotopic (exact) mass is 406 g/mol. The number of aliphatic hydroxyl groups excluding tert-OH is 1. The molecule has 3 N–H and O–H groups in total. The van der Waals surface area contributed by atoms with Gasteiger partial charge in [0.2, 0.25) is 0 Å². The fraction of sp³-hybridized carbons (Fsp3) is 0.381. The van der Waals surface area contributed by atoms with Gasteiger partial charge in [0.05, 0.1) is 12.1 Å². The Labute approximate surface area is 165 Å². The molecule has 2 aliphatic rings. The highest BCUT2D eigenvalue weighted by Crippen LogP contribution is 2.42. The minimum Gasteiger partial charge on any atom is -0.478 e. The van der Waals surface area contributed by atoms with Crippen molar-refractivity contribution in [2.24, 2.45) is 0 Å². The van der Waals surface area contributed by atoms with E-state index in [1.165, 1.54) is 6.07 Å². The van der Waals surface area contributed by atoms with E-state index < -0.39 is 42.9 Å². The fourth-order valence-corrected chi connectivity index (χ4v) is 4.04. The van der Waals surface area contributed by atoms with Crippen molar-refractivity contribution in [1.82, 2.24) is 5.32 Å².